The van der Waals surface area contributed by atoms with Crippen LogP contribution in [0.3, 0.4) is 0 Å². The highest BCUT2D eigenvalue weighted by molar-refractivity contribution is 5.14. The van der Waals surface area contributed by atoms with Crippen molar-refractivity contribution in [2.45, 2.75) is 63.1 Å². The summed E-state index contributed by atoms with van der Waals surface area (Å²) in [6.07, 6.45) is 3.00. The van der Waals surface area contributed by atoms with Crippen molar-refractivity contribution in [3.63, 3.8) is 0 Å². The van der Waals surface area contributed by atoms with Gasteiger partial charge in [0.25, 0.3) is 0 Å². The number of fused-ring (bicyclic) bond motifs is 1. The fourth-order valence-electron chi connectivity index (χ4n) is 4.04. The van der Waals surface area contributed by atoms with E-state index < -0.39 is 6.29 Å². The van der Waals surface area contributed by atoms with E-state index in [-0.39, 0.29) is 30.1 Å². The van der Waals surface area contributed by atoms with E-state index in [1.165, 1.54) is 5.56 Å². The second-order valence-electron chi connectivity index (χ2n) is 6.75. The van der Waals surface area contributed by atoms with E-state index >= 15 is 0 Å². The standard InChI is InChI=1S/C18H26O4/c19-13(7-6-12-4-2-1-3-5-12)8-9-14-15-10-18(21)22-17(15)11-16(14)20/h1-5,13-21H,6-11H2/t13-,14+,15+,16+,17?,18?/m0/s1. The van der Waals surface area contributed by atoms with E-state index in [0.29, 0.717) is 19.3 Å². The summed E-state index contributed by atoms with van der Waals surface area (Å²) in [5.74, 6) is 0.389. The summed E-state index contributed by atoms with van der Waals surface area (Å²) >= 11 is 0. The molecular formula is C18H26O4. The predicted octanol–water partition coefficient (Wildman–Crippen LogP) is 1.86. The lowest BCUT2D eigenvalue weighted by atomic mass is 9.86. The van der Waals surface area contributed by atoms with Crippen molar-refractivity contribution in [3.8, 4) is 0 Å². The average molecular weight is 306 g/mol. The zero-order valence-corrected chi connectivity index (χ0v) is 12.8. The Labute approximate surface area is 131 Å². The summed E-state index contributed by atoms with van der Waals surface area (Å²) in [7, 11) is 0. The summed E-state index contributed by atoms with van der Waals surface area (Å²) in [6.45, 7) is 0. The quantitative estimate of drug-likeness (QED) is 0.750. The maximum absolute atomic E-state index is 10.2. The van der Waals surface area contributed by atoms with E-state index in [4.69, 9.17) is 4.74 Å². The third-order valence-electron chi connectivity index (χ3n) is 5.24. The van der Waals surface area contributed by atoms with E-state index in [1.807, 2.05) is 18.2 Å². The van der Waals surface area contributed by atoms with Crippen LogP contribution >= 0.6 is 0 Å². The zero-order valence-electron chi connectivity index (χ0n) is 12.8. The molecule has 0 radical (unpaired) electrons. The lowest BCUT2D eigenvalue weighted by Gasteiger charge is -2.21. The van der Waals surface area contributed by atoms with Crippen LogP contribution in [0.4, 0.5) is 0 Å². The topological polar surface area (TPSA) is 69.9 Å². The fourth-order valence-corrected chi connectivity index (χ4v) is 4.04. The smallest absolute Gasteiger partial charge is 0.155 e. The molecule has 0 aromatic heterocycles. The second kappa shape index (κ2) is 7.09. The predicted molar refractivity (Wildman–Crippen MR) is 83.1 cm³/mol. The first-order valence-corrected chi connectivity index (χ1v) is 8.37. The van der Waals surface area contributed by atoms with Gasteiger partial charge in [0.15, 0.2) is 6.29 Å². The molecule has 0 amide bonds. The summed E-state index contributed by atoms with van der Waals surface area (Å²) < 4.78 is 5.43. The molecule has 22 heavy (non-hydrogen) atoms. The van der Waals surface area contributed by atoms with Crippen LogP contribution in [0.15, 0.2) is 30.3 Å². The highest BCUT2D eigenvalue weighted by atomic mass is 16.6. The monoisotopic (exact) mass is 306 g/mol. The lowest BCUT2D eigenvalue weighted by Crippen LogP contribution is -2.22. The maximum atomic E-state index is 10.2. The first-order chi connectivity index (χ1) is 10.6. The summed E-state index contributed by atoms with van der Waals surface area (Å²) in [5.41, 5.74) is 1.25. The van der Waals surface area contributed by atoms with Crippen LogP contribution in [0.25, 0.3) is 0 Å². The summed E-state index contributed by atoms with van der Waals surface area (Å²) in [6, 6.07) is 10.2. The second-order valence-corrected chi connectivity index (χ2v) is 6.75. The van der Waals surface area contributed by atoms with Gasteiger partial charge in [-0.05, 0) is 43.1 Å². The normalized spacial score (nSPS) is 35.5. The number of aryl methyl sites for hydroxylation is 1. The van der Waals surface area contributed by atoms with Gasteiger partial charge in [-0.2, -0.15) is 0 Å². The highest BCUT2D eigenvalue weighted by Gasteiger charge is 2.48. The van der Waals surface area contributed by atoms with Crippen LogP contribution in [-0.2, 0) is 11.2 Å². The number of hydrogen-bond donors (Lipinski definition) is 3. The van der Waals surface area contributed by atoms with Crippen molar-refractivity contribution in [1.82, 2.24) is 0 Å². The SMILES string of the molecule is OC1C[C@H]2C(C[C@@H](O)[C@@H]2CC[C@@H](O)CCc2ccccc2)O1. The third-order valence-corrected chi connectivity index (χ3v) is 5.24. The molecule has 2 fully saturated rings. The van der Waals surface area contributed by atoms with Gasteiger partial charge in [0.05, 0.1) is 18.3 Å². The van der Waals surface area contributed by atoms with Gasteiger partial charge in [-0.3, -0.25) is 0 Å². The molecule has 4 heteroatoms. The Bertz CT molecular complexity index is 463. The zero-order chi connectivity index (χ0) is 15.5. The number of aliphatic hydroxyl groups is 3. The Hall–Kier alpha value is -0.940. The van der Waals surface area contributed by atoms with Crippen LogP contribution in [0.1, 0.15) is 37.7 Å². The molecule has 122 valence electrons. The molecule has 4 nitrogen and oxygen atoms in total. The number of aliphatic hydroxyl groups excluding tert-OH is 3. The fraction of sp³-hybridized carbons (Fsp3) is 0.667. The molecule has 1 saturated carbocycles. The number of ether oxygens (including phenoxy) is 1. The number of benzene rings is 1. The lowest BCUT2D eigenvalue weighted by molar-refractivity contribution is -0.0951. The molecule has 1 aliphatic heterocycles. The van der Waals surface area contributed by atoms with Gasteiger partial charge < -0.3 is 20.1 Å². The Morgan fingerprint density at radius 1 is 1.09 bits per heavy atom. The van der Waals surface area contributed by atoms with Crippen molar-refractivity contribution in [2.75, 3.05) is 0 Å². The Morgan fingerprint density at radius 3 is 2.64 bits per heavy atom. The Balaban J connectivity index is 1.43. The Kier molecular flexibility index (Phi) is 5.14. The van der Waals surface area contributed by atoms with E-state index in [0.717, 1.165) is 19.3 Å². The Morgan fingerprint density at radius 2 is 1.86 bits per heavy atom. The summed E-state index contributed by atoms with van der Waals surface area (Å²) in [4.78, 5) is 0. The van der Waals surface area contributed by atoms with Crippen molar-refractivity contribution in [1.29, 1.82) is 0 Å². The molecule has 3 rings (SSSR count). The van der Waals surface area contributed by atoms with Crippen molar-refractivity contribution in [3.05, 3.63) is 35.9 Å². The molecule has 2 aliphatic rings. The largest absolute Gasteiger partial charge is 0.393 e. The van der Waals surface area contributed by atoms with E-state index in [1.54, 1.807) is 0 Å². The number of rotatable bonds is 6. The van der Waals surface area contributed by atoms with Crippen molar-refractivity contribution in [2.24, 2.45) is 11.8 Å². The maximum Gasteiger partial charge on any atom is 0.155 e. The molecule has 6 atom stereocenters. The average Bonchev–Trinajstić information content (AvgIpc) is 2.99. The van der Waals surface area contributed by atoms with Gasteiger partial charge in [0.2, 0.25) is 0 Å². The minimum Gasteiger partial charge on any atom is -0.393 e. The van der Waals surface area contributed by atoms with Gasteiger partial charge in [0.1, 0.15) is 0 Å². The van der Waals surface area contributed by atoms with Gasteiger partial charge in [-0.15, -0.1) is 0 Å². The molecule has 3 N–H and O–H groups in total. The first-order valence-electron chi connectivity index (χ1n) is 8.37. The van der Waals surface area contributed by atoms with E-state index in [2.05, 4.69) is 12.1 Å². The van der Waals surface area contributed by atoms with Crippen LogP contribution in [0.2, 0.25) is 0 Å². The van der Waals surface area contributed by atoms with Crippen molar-refractivity contribution >= 4 is 0 Å². The van der Waals surface area contributed by atoms with Gasteiger partial charge in [-0.25, -0.2) is 0 Å². The van der Waals surface area contributed by atoms with Crippen LogP contribution < -0.4 is 0 Å². The van der Waals surface area contributed by atoms with Crippen LogP contribution in [-0.4, -0.2) is 39.9 Å². The highest BCUT2D eigenvalue weighted by Crippen LogP contribution is 2.44. The van der Waals surface area contributed by atoms with Gasteiger partial charge in [0, 0.05) is 12.8 Å². The molecule has 0 bridgehead atoms. The minimum atomic E-state index is -0.673. The molecule has 2 unspecified atom stereocenters. The van der Waals surface area contributed by atoms with Gasteiger partial charge in [-0.1, -0.05) is 30.3 Å². The van der Waals surface area contributed by atoms with E-state index in [9.17, 15) is 15.3 Å². The molecule has 1 heterocycles. The summed E-state index contributed by atoms with van der Waals surface area (Å²) in [5, 5.41) is 29.9. The van der Waals surface area contributed by atoms with Crippen molar-refractivity contribution < 1.29 is 20.1 Å². The number of hydrogen-bond acceptors (Lipinski definition) is 4. The molecule has 1 aromatic rings. The third kappa shape index (κ3) is 3.69. The molecule has 1 aliphatic carbocycles. The first kappa shape index (κ1) is 15.9. The van der Waals surface area contributed by atoms with Crippen LogP contribution in [0.5, 0.6) is 0 Å². The van der Waals surface area contributed by atoms with Gasteiger partial charge >= 0.3 is 0 Å². The molecule has 1 aromatic carbocycles. The molecular weight excluding hydrogens is 280 g/mol. The minimum absolute atomic E-state index is 0.00328. The molecule has 1 saturated heterocycles. The van der Waals surface area contributed by atoms with Crippen LogP contribution in [0, 0.1) is 11.8 Å². The molecule has 0 spiro atoms.